The smallest absolute Gasteiger partial charge is 0.267 e. The molecule has 0 atom stereocenters. The number of amides is 1. The zero-order valence-electron chi connectivity index (χ0n) is 9.25. The van der Waals surface area contributed by atoms with Crippen molar-refractivity contribution in [2.45, 2.75) is 13.8 Å². The van der Waals surface area contributed by atoms with Crippen molar-refractivity contribution in [1.29, 1.82) is 0 Å². The van der Waals surface area contributed by atoms with E-state index in [0.29, 0.717) is 5.56 Å². The minimum atomic E-state index is -0.124. The summed E-state index contributed by atoms with van der Waals surface area (Å²) in [5, 5.41) is 0. The van der Waals surface area contributed by atoms with Crippen molar-refractivity contribution in [1.82, 2.24) is 4.68 Å². The molecule has 0 fully saturated rings. The van der Waals surface area contributed by atoms with Crippen LogP contribution in [0.1, 0.15) is 21.7 Å². The number of aryl methyl sites for hydroxylation is 2. The topological polar surface area (TPSA) is 34.0 Å². The van der Waals surface area contributed by atoms with Crippen molar-refractivity contribution >= 4 is 49.1 Å². The number of rotatable bonds is 2. The highest BCUT2D eigenvalue weighted by atomic mass is 79.9. The lowest BCUT2D eigenvalue weighted by Gasteiger charge is -2.10. The van der Waals surface area contributed by atoms with Gasteiger partial charge in [-0.1, -0.05) is 0 Å². The van der Waals surface area contributed by atoms with Crippen LogP contribution >= 0.6 is 43.2 Å². The third kappa shape index (κ3) is 2.64. The zero-order chi connectivity index (χ0) is 12.6. The summed E-state index contributed by atoms with van der Waals surface area (Å²) in [7, 11) is 0. The summed E-state index contributed by atoms with van der Waals surface area (Å²) in [6, 6.07) is 5.74. The largest absolute Gasteiger partial charge is 0.272 e. The van der Waals surface area contributed by atoms with Crippen LogP contribution in [0.4, 0.5) is 0 Å². The van der Waals surface area contributed by atoms with Gasteiger partial charge in [0.15, 0.2) is 0 Å². The fraction of sp³-hybridized carbons (Fsp3) is 0.182. The lowest BCUT2D eigenvalue weighted by Crippen LogP contribution is -2.24. The molecule has 0 aliphatic heterocycles. The molecule has 17 heavy (non-hydrogen) atoms. The van der Waals surface area contributed by atoms with Crippen LogP contribution in [0.15, 0.2) is 25.8 Å². The Morgan fingerprint density at radius 3 is 2.35 bits per heavy atom. The van der Waals surface area contributed by atoms with Crippen LogP contribution in [-0.2, 0) is 0 Å². The first kappa shape index (κ1) is 12.9. The quantitative estimate of drug-likeness (QED) is 0.840. The highest BCUT2D eigenvalue weighted by Gasteiger charge is 2.14. The van der Waals surface area contributed by atoms with Crippen LogP contribution in [0, 0.1) is 13.8 Å². The first-order valence-corrected chi connectivity index (χ1v) is 7.30. The first-order chi connectivity index (χ1) is 7.99. The second-order valence-corrected chi connectivity index (χ2v) is 7.38. The maximum absolute atomic E-state index is 12.1. The van der Waals surface area contributed by atoms with Crippen molar-refractivity contribution in [2.24, 2.45) is 0 Å². The van der Waals surface area contributed by atoms with E-state index in [1.165, 1.54) is 11.3 Å². The van der Waals surface area contributed by atoms with E-state index in [0.717, 1.165) is 19.0 Å². The van der Waals surface area contributed by atoms with E-state index in [2.05, 4.69) is 37.3 Å². The van der Waals surface area contributed by atoms with Gasteiger partial charge in [0.2, 0.25) is 0 Å². The van der Waals surface area contributed by atoms with Crippen molar-refractivity contribution in [3.8, 4) is 0 Å². The number of hydrogen-bond acceptors (Lipinski definition) is 2. The summed E-state index contributed by atoms with van der Waals surface area (Å²) < 4.78 is 3.53. The summed E-state index contributed by atoms with van der Waals surface area (Å²) >= 11 is 8.22. The van der Waals surface area contributed by atoms with Crippen LogP contribution in [0.2, 0.25) is 0 Å². The van der Waals surface area contributed by atoms with E-state index in [1.807, 2.05) is 26.0 Å². The van der Waals surface area contributed by atoms with Gasteiger partial charge < -0.3 is 0 Å². The average molecular weight is 378 g/mol. The second kappa shape index (κ2) is 4.96. The molecule has 3 nitrogen and oxygen atoms in total. The van der Waals surface area contributed by atoms with Crippen LogP contribution in [0.3, 0.4) is 0 Å². The van der Waals surface area contributed by atoms with Gasteiger partial charge in [-0.2, -0.15) is 0 Å². The Morgan fingerprint density at radius 1 is 1.29 bits per heavy atom. The minimum absolute atomic E-state index is 0.124. The number of halogens is 2. The zero-order valence-corrected chi connectivity index (χ0v) is 13.2. The Labute approximate surface area is 120 Å². The molecule has 0 bridgehead atoms. The standard InChI is InChI=1S/C11H10Br2N2OS/c1-6-3-4-7(2)15(6)14-11(16)8-5-9(12)17-10(8)13/h3-5H,1-2H3,(H,14,16). The summed E-state index contributed by atoms with van der Waals surface area (Å²) in [4.78, 5) is 12.1. The highest BCUT2D eigenvalue weighted by molar-refractivity contribution is 9.12. The Bertz CT molecular complexity index is 555. The van der Waals surface area contributed by atoms with Gasteiger partial charge in [-0.15, -0.1) is 11.3 Å². The lowest BCUT2D eigenvalue weighted by atomic mass is 10.3. The monoisotopic (exact) mass is 376 g/mol. The predicted octanol–water partition coefficient (Wildman–Crippen LogP) is 4.08. The molecule has 2 heterocycles. The Balaban J connectivity index is 2.26. The van der Waals surface area contributed by atoms with E-state index < -0.39 is 0 Å². The maximum atomic E-state index is 12.1. The SMILES string of the molecule is Cc1ccc(C)n1NC(=O)c1cc(Br)sc1Br. The number of thiophene rings is 1. The fourth-order valence-corrected chi connectivity index (χ4v) is 4.30. The molecule has 0 aliphatic rings. The van der Waals surface area contributed by atoms with Gasteiger partial charge in [0, 0.05) is 11.4 Å². The summed E-state index contributed by atoms with van der Waals surface area (Å²) in [6.07, 6.45) is 0. The number of hydrogen-bond donors (Lipinski definition) is 1. The summed E-state index contributed by atoms with van der Waals surface area (Å²) in [6.45, 7) is 3.90. The molecule has 0 unspecified atom stereocenters. The summed E-state index contributed by atoms with van der Waals surface area (Å²) in [5.74, 6) is -0.124. The van der Waals surface area contributed by atoms with Crippen LogP contribution in [0.5, 0.6) is 0 Å². The maximum Gasteiger partial charge on any atom is 0.272 e. The van der Waals surface area contributed by atoms with Crippen molar-refractivity contribution in [3.05, 3.63) is 42.7 Å². The first-order valence-electron chi connectivity index (χ1n) is 4.90. The predicted molar refractivity (Wildman–Crippen MR) is 77.3 cm³/mol. The van der Waals surface area contributed by atoms with Crippen molar-refractivity contribution in [3.63, 3.8) is 0 Å². The lowest BCUT2D eigenvalue weighted by molar-refractivity contribution is 0.101. The highest BCUT2D eigenvalue weighted by Crippen LogP contribution is 2.31. The van der Waals surface area contributed by atoms with Crippen molar-refractivity contribution < 1.29 is 4.79 Å². The molecular formula is C11H10Br2N2OS. The van der Waals surface area contributed by atoms with E-state index in [-0.39, 0.29) is 5.91 Å². The summed E-state index contributed by atoms with van der Waals surface area (Å²) in [5.41, 5.74) is 5.50. The molecule has 1 N–H and O–H groups in total. The molecule has 6 heteroatoms. The van der Waals surface area contributed by atoms with E-state index in [4.69, 9.17) is 0 Å². The average Bonchev–Trinajstić information content (AvgIpc) is 2.74. The van der Waals surface area contributed by atoms with Gasteiger partial charge in [0.05, 0.1) is 13.1 Å². The Morgan fingerprint density at radius 2 is 1.88 bits per heavy atom. The molecule has 90 valence electrons. The molecule has 0 aliphatic carbocycles. The Hall–Kier alpha value is -0.590. The number of nitrogens with zero attached hydrogens (tertiary/aromatic N) is 1. The van der Waals surface area contributed by atoms with E-state index >= 15 is 0 Å². The third-order valence-corrected chi connectivity index (χ3v) is 4.73. The molecule has 0 spiro atoms. The van der Waals surface area contributed by atoms with Gasteiger partial charge in [-0.05, 0) is 63.9 Å². The molecule has 2 aromatic rings. The van der Waals surface area contributed by atoms with E-state index in [9.17, 15) is 4.79 Å². The number of nitrogens with one attached hydrogen (secondary N) is 1. The fourth-order valence-electron chi connectivity index (χ4n) is 1.50. The normalized spacial score (nSPS) is 10.6. The molecule has 0 saturated heterocycles. The third-order valence-electron chi connectivity index (χ3n) is 2.39. The van der Waals surface area contributed by atoms with Gasteiger partial charge >= 0.3 is 0 Å². The number of carbonyl (C=O) groups excluding carboxylic acids is 1. The Kier molecular flexibility index (Phi) is 3.75. The van der Waals surface area contributed by atoms with Gasteiger partial charge in [-0.3, -0.25) is 14.9 Å². The molecule has 2 aromatic heterocycles. The van der Waals surface area contributed by atoms with Crippen LogP contribution < -0.4 is 5.43 Å². The van der Waals surface area contributed by atoms with E-state index in [1.54, 1.807) is 10.7 Å². The molecule has 0 saturated carbocycles. The number of aromatic nitrogens is 1. The van der Waals surface area contributed by atoms with Crippen LogP contribution in [0.25, 0.3) is 0 Å². The minimum Gasteiger partial charge on any atom is -0.267 e. The van der Waals surface area contributed by atoms with Gasteiger partial charge in [-0.25, -0.2) is 0 Å². The number of carbonyl (C=O) groups is 1. The van der Waals surface area contributed by atoms with Gasteiger partial charge in [0.1, 0.15) is 0 Å². The molecule has 1 amide bonds. The van der Waals surface area contributed by atoms with Gasteiger partial charge in [0.25, 0.3) is 5.91 Å². The second-order valence-electron chi connectivity index (χ2n) is 3.63. The molecule has 2 rings (SSSR count). The molecular weight excluding hydrogens is 368 g/mol. The molecule has 0 aromatic carbocycles. The van der Waals surface area contributed by atoms with Crippen LogP contribution in [-0.4, -0.2) is 10.6 Å². The van der Waals surface area contributed by atoms with Crippen molar-refractivity contribution in [2.75, 3.05) is 5.43 Å². The molecule has 0 radical (unpaired) electrons.